The lowest BCUT2D eigenvalue weighted by Crippen LogP contribution is -2.21. The molecular formula is C25H20F3N7O2. The molecule has 0 amide bonds. The Labute approximate surface area is 207 Å². The van der Waals surface area contributed by atoms with Gasteiger partial charge in [-0.05, 0) is 36.4 Å². The molecule has 5 rings (SSSR count). The van der Waals surface area contributed by atoms with Crippen LogP contribution in [0.1, 0.15) is 11.3 Å². The van der Waals surface area contributed by atoms with Crippen LogP contribution in [0.25, 0.3) is 28.0 Å². The zero-order valence-corrected chi connectivity index (χ0v) is 19.2. The molecule has 0 saturated heterocycles. The fourth-order valence-corrected chi connectivity index (χ4v) is 3.83. The monoisotopic (exact) mass is 507 g/mol. The first-order valence-electron chi connectivity index (χ1n) is 11.2. The average Bonchev–Trinajstić information content (AvgIpc) is 3.28. The van der Waals surface area contributed by atoms with Crippen molar-refractivity contribution in [3.8, 4) is 16.9 Å². The maximum atomic E-state index is 13.0. The normalized spacial score (nSPS) is 11.7. The molecule has 0 aliphatic carbocycles. The number of nitrogens with zero attached hydrogens (tertiary/aromatic N) is 6. The van der Waals surface area contributed by atoms with Crippen molar-refractivity contribution in [1.29, 1.82) is 0 Å². The number of halogens is 3. The van der Waals surface area contributed by atoms with Gasteiger partial charge in [-0.1, -0.05) is 12.1 Å². The van der Waals surface area contributed by atoms with E-state index in [0.29, 0.717) is 46.2 Å². The summed E-state index contributed by atoms with van der Waals surface area (Å²) in [6, 6.07) is 13.0. The number of fused-ring (bicyclic) bond motifs is 1. The van der Waals surface area contributed by atoms with Gasteiger partial charge in [0.2, 0.25) is 5.95 Å². The van der Waals surface area contributed by atoms with Crippen LogP contribution in [0.4, 0.5) is 19.1 Å². The van der Waals surface area contributed by atoms with E-state index >= 15 is 0 Å². The van der Waals surface area contributed by atoms with Gasteiger partial charge >= 0.3 is 6.18 Å². The van der Waals surface area contributed by atoms with Gasteiger partial charge < -0.3 is 15.0 Å². The van der Waals surface area contributed by atoms with Crippen molar-refractivity contribution < 1.29 is 18.3 Å². The molecule has 0 aliphatic heterocycles. The molecule has 37 heavy (non-hydrogen) atoms. The molecule has 5 aromatic rings. The first-order valence-corrected chi connectivity index (χ1v) is 11.2. The maximum Gasteiger partial charge on any atom is 0.416 e. The highest BCUT2D eigenvalue weighted by molar-refractivity contribution is 5.90. The van der Waals surface area contributed by atoms with Gasteiger partial charge in [-0.3, -0.25) is 9.78 Å². The minimum Gasteiger partial charge on any atom is -0.395 e. The summed E-state index contributed by atoms with van der Waals surface area (Å²) < 4.78 is 42.0. The van der Waals surface area contributed by atoms with Crippen molar-refractivity contribution in [3.63, 3.8) is 0 Å². The largest absolute Gasteiger partial charge is 0.416 e. The second-order valence-corrected chi connectivity index (χ2v) is 8.08. The van der Waals surface area contributed by atoms with E-state index in [1.165, 1.54) is 22.8 Å². The number of aliphatic hydroxyl groups excluding tert-OH is 1. The summed E-state index contributed by atoms with van der Waals surface area (Å²) in [7, 11) is 0. The van der Waals surface area contributed by atoms with Gasteiger partial charge in [0.15, 0.2) is 0 Å². The molecule has 9 nitrogen and oxygen atoms in total. The fourth-order valence-electron chi connectivity index (χ4n) is 3.83. The van der Waals surface area contributed by atoms with E-state index in [1.54, 1.807) is 47.5 Å². The lowest BCUT2D eigenvalue weighted by atomic mass is 10.1. The number of hydrogen-bond donors (Lipinski definition) is 2. The Bertz CT molecular complexity index is 1610. The number of anilines is 1. The molecule has 2 N–H and O–H groups in total. The third-order valence-electron chi connectivity index (χ3n) is 5.59. The highest BCUT2D eigenvalue weighted by Gasteiger charge is 2.30. The summed E-state index contributed by atoms with van der Waals surface area (Å²) in [5.74, 6) is 0.350. The van der Waals surface area contributed by atoms with Crippen LogP contribution in [0.15, 0.2) is 78.0 Å². The van der Waals surface area contributed by atoms with Crippen LogP contribution in [-0.2, 0) is 12.7 Å². The molecule has 0 unspecified atom stereocenters. The second-order valence-electron chi connectivity index (χ2n) is 8.08. The maximum absolute atomic E-state index is 13.0. The van der Waals surface area contributed by atoms with Crippen LogP contribution in [0.5, 0.6) is 0 Å². The molecule has 0 spiro atoms. The van der Waals surface area contributed by atoms with E-state index in [2.05, 4.69) is 25.4 Å². The Balaban J connectivity index is 1.48. The first-order chi connectivity index (χ1) is 17.8. The summed E-state index contributed by atoms with van der Waals surface area (Å²) >= 11 is 0. The molecule has 188 valence electrons. The fraction of sp³-hybridized carbons (Fsp3) is 0.160. The Hall–Kier alpha value is -4.58. The van der Waals surface area contributed by atoms with Crippen LogP contribution >= 0.6 is 0 Å². The number of nitrogens with one attached hydrogen (secondary N) is 1. The zero-order chi connectivity index (χ0) is 26.0. The van der Waals surface area contributed by atoms with Crippen molar-refractivity contribution in [2.75, 3.05) is 18.5 Å². The minimum absolute atomic E-state index is 0.0628. The smallest absolute Gasteiger partial charge is 0.395 e. The summed E-state index contributed by atoms with van der Waals surface area (Å²) in [6.45, 7) is 0.444. The molecule has 0 fully saturated rings. The Morgan fingerprint density at radius 2 is 1.81 bits per heavy atom. The van der Waals surface area contributed by atoms with Crippen LogP contribution in [0, 0.1) is 0 Å². The van der Waals surface area contributed by atoms with Crippen molar-refractivity contribution in [2.24, 2.45) is 0 Å². The van der Waals surface area contributed by atoms with E-state index in [1.807, 2.05) is 0 Å². The van der Waals surface area contributed by atoms with Gasteiger partial charge in [-0.25, -0.2) is 14.6 Å². The van der Waals surface area contributed by atoms with Crippen LogP contribution in [0.2, 0.25) is 0 Å². The molecule has 0 atom stereocenters. The summed E-state index contributed by atoms with van der Waals surface area (Å²) in [5.41, 5.74) is 1.99. The lowest BCUT2D eigenvalue weighted by molar-refractivity contribution is -0.137. The number of alkyl halides is 3. The first kappa shape index (κ1) is 24.1. The second kappa shape index (κ2) is 9.82. The van der Waals surface area contributed by atoms with Crippen LogP contribution in [-0.4, -0.2) is 47.6 Å². The molecule has 0 saturated carbocycles. The number of rotatable bonds is 7. The van der Waals surface area contributed by atoms with Crippen molar-refractivity contribution in [3.05, 3.63) is 94.8 Å². The number of pyridine rings is 2. The van der Waals surface area contributed by atoms with Gasteiger partial charge in [0.05, 0.1) is 35.6 Å². The van der Waals surface area contributed by atoms with E-state index < -0.39 is 11.7 Å². The molecule has 4 aromatic heterocycles. The van der Waals surface area contributed by atoms with Gasteiger partial charge in [0.25, 0.3) is 5.56 Å². The topological polar surface area (TPSA) is 111 Å². The molecule has 1 aromatic carbocycles. The lowest BCUT2D eigenvalue weighted by Gasteiger charge is -2.09. The molecular weight excluding hydrogens is 487 g/mol. The van der Waals surface area contributed by atoms with Gasteiger partial charge in [0.1, 0.15) is 11.2 Å². The molecule has 4 heterocycles. The average molecular weight is 507 g/mol. The Morgan fingerprint density at radius 3 is 2.54 bits per heavy atom. The number of hydrogen-bond acceptors (Lipinski definition) is 7. The molecule has 0 radical (unpaired) electrons. The molecule has 0 aliphatic rings. The van der Waals surface area contributed by atoms with Crippen molar-refractivity contribution in [1.82, 2.24) is 29.3 Å². The van der Waals surface area contributed by atoms with Crippen molar-refractivity contribution >= 4 is 17.0 Å². The Kier molecular flexibility index (Phi) is 6.40. The summed E-state index contributed by atoms with van der Waals surface area (Å²) in [5, 5.41) is 16.4. The quantitative estimate of drug-likeness (QED) is 0.347. The predicted octanol–water partition coefficient (Wildman–Crippen LogP) is 3.51. The van der Waals surface area contributed by atoms with Crippen molar-refractivity contribution in [2.45, 2.75) is 12.7 Å². The van der Waals surface area contributed by atoms with Crippen LogP contribution < -0.4 is 10.9 Å². The van der Waals surface area contributed by atoms with Gasteiger partial charge in [-0.15, -0.1) is 0 Å². The summed E-state index contributed by atoms with van der Waals surface area (Å²) in [6.07, 6.45) is 0.312. The molecule has 12 heteroatoms. The zero-order valence-electron chi connectivity index (χ0n) is 19.2. The van der Waals surface area contributed by atoms with Gasteiger partial charge in [-0.2, -0.15) is 18.3 Å². The third-order valence-corrected chi connectivity index (χ3v) is 5.59. The SMILES string of the molecule is O=c1cc(-n2nc(-c3ccc(C(F)(F)F)cc3)c3ncccc32)ccn1Cc1ccnc(NCCO)n1. The summed E-state index contributed by atoms with van der Waals surface area (Å²) in [4.78, 5) is 25.7. The van der Waals surface area contributed by atoms with E-state index in [-0.39, 0.29) is 18.7 Å². The highest BCUT2D eigenvalue weighted by atomic mass is 19.4. The molecule has 0 bridgehead atoms. The van der Waals surface area contributed by atoms with Crippen LogP contribution in [0.3, 0.4) is 0 Å². The Morgan fingerprint density at radius 1 is 1.00 bits per heavy atom. The number of benzene rings is 1. The number of aromatic nitrogens is 6. The van der Waals surface area contributed by atoms with E-state index in [0.717, 1.165) is 12.1 Å². The highest BCUT2D eigenvalue weighted by Crippen LogP contribution is 2.33. The van der Waals surface area contributed by atoms with E-state index in [9.17, 15) is 18.0 Å². The minimum atomic E-state index is -4.44. The van der Waals surface area contributed by atoms with Gasteiger partial charge in [0, 0.05) is 36.8 Å². The predicted molar refractivity (Wildman–Crippen MR) is 130 cm³/mol. The standard InChI is InChI=1S/C25H20F3N7O2/c26-25(27,28)17-5-3-16(4-6-17)22-23-20(2-1-9-29-23)35(33-22)19-8-12-34(21(37)14-19)15-18-7-10-30-24(32-18)31-11-13-36/h1-10,12,14,36H,11,13,15H2,(H,30,31,32). The van der Waals surface area contributed by atoms with E-state index in [4.69, 9.17) is 5.11 Å². The number of aliphatic hydroxyl groups is 1. The third kappa shape index (κ3) is 5.05.